The summed E-state index contributed by atoms with van der Waals surface area (Å²) in [6.45, 7) is 3.71. The van der Waals surface area contributed by atoms with E-state index in [0.29, 0.717) is 17.5 Å². The van der Waals surface area contributed by atoms with E-state index in [2.05, 4.69) is 5.32 Å². The fourth-order valence-corrected chi connectivity index (χ4v) is 1.77. The Bertz CT molecular complexity index is 439. The molecular weight excluding hydrogens is 204 g/mol. The number of nitrogens with two attached hydrogens (primary N) is 1. The molecule has 0 spiro atoms. The number of carbonyl (C=O) groups is 2. The zero-order chi connectivity index (χ0) is 12.3. The molecular formula is C12H16N2O2. The van der Waals surface area contributed by atoms with E-state index in [-0.39, 0.29) is 5.91 Å². The van der Waals surface area contributed by atoms with Gasteiger partial charge in [0, 0.05) is 18.2 Å². The van der Waals surface area contributed by atoms with Crippen molar-refractivity contribution in [1.29, 1.82) is 0 Å². The summed E-state index contributed by atoms with van der Waals surface area (Å²) in [7, 11) is 1.57. The van der Waals surface area contributed by atoms with Crippen LogP contribution in [0.5, 0.6) is 0 Å². The van der Waals surface area contributed by atoms with Crippen molar-refractivity contribution in [2.45, 2.75) is 20.3 Å². The van der Waals surface area contributed by atoms with E-state index in [0.717, 1.165) is 11.1 Å². The lowest BCUT2D eigenvalue weighted by atomic mass is 9.96. The number of rotatable bonds is 3. The Morgan fingerprint density at radius 2 is 2.00 bits per heavy atom. The van der Waals surface area contributed by atoms with E-state index in [4.69, 9.17) is 5.73 Å². The van der Waals surface area contributed by atoms with Crippen molar-refractivity contribution >= 4 is 11.8 Å². The number of primary amides is 1. The van der Waals surface area contributed by atoms with E-state index < -0.39 is 5.91 Å². The normalized spacial score (nSPS) is 9.94. The molecule has 1 aromatic carbocycles. The van der Waals surface area contributed by atoms with Crippen LogP contribution >= 0.6 is 0 Å². The van der Waals surface area contributed by atoms with Gasteiger partial charge in [-0.2, -0.15) is 0 Å². The zero-order valence-electron chi connectivity index (χ0n) is 9.76. The first-order valence-corrected chi connectivity index (χ1v) is 5.16. The van der Waals surface area contributed by atoms with E-state index in [1.165, 1.54) is 0 Å². The third-order valence-electron chi connectivity index (χ3n) is 2.53. The molecule has 1 aromatic rings. The summed E-state index contributed by atoms with van der Waals surface area (Å²) in [5, 5.41) is 2.55. The Labute approximate surface area is 94.8 Å². The van der Waals surface area contributed by atoms with E-state index in [9.17, 15) is 9.59 Å². The second kappa shape index (κ2) is 4.79. The van der Waals surface area contributed by atoms with Crippen molar-refractivity contribution in [2.75, 3.05) is 7.05 Å². The standard InChI is InChI=1S/C12H16N2O2/c1-4-8-6-9(12(16)14-3)5-7(2)10(8)11(13)15/h5-6H,4H2,1-3H3,(H2,13,15)(H,14,16). The van der Waals surface area contributed by atoms with Crippen LogP contribution in [0.4, 0.5) is 0 Å². The van der Waals surface area contributed by atoms with Crippen LogP contribution in [0.25, 0.3) is 0 Å². The molecule has 0 saturated carbocycles. The first kappa shape index (κ1) is 12.2. The zero-order valence-corrected chi connectivity index (χ0v) is 9.76. The Balaban J connectivity index is 3.37. The van der Waals surface area contributed by atoms with E-state index >= 15 is 0 Å². The minimum absolute atomic E-state index is 0.158. The molecule has 0 fully saturated rings. The average Bonchev–Trinajstić information content (AvgIpc) is 2.26. The molecule has 0 atom stereocenters. The van der Waals surface area contributed by atoms with Crippen molar-refractivity contribution in [3.63, 3.8) is 0 Å². The van der Waals surface area contributed by atoms with Crippen molar-refractivity contribution in [2.24, 2.45) is 5.73 Å². The number of hydrogen-bond acceptors (Lipinski definition) is 2. The Hall–Kier alpha value is -1.84. The summed E-state index contributed by atoms with van der Waals surface area (Å²) in [6, 6.07) is 3.39. The van der Waals surface area contributed by atoms with E-state index in [1.807, 2.05) is 6.92 Å². The van der Waals surface area contributed by atoms with Crippen LogP contribution in [0, 0.1) is 6.92 Å². The van der Waals surface area contributed by atoms with Crippen molar-refractivity contribution < 1.29 is 9.59 Å². The highest BCUT2D eigenvalue weighted by Gasteiger charge is 2.14. The van der Waals surface area contributed by atoms with Gasteiger partial charge in [-0.05, 0) is 36.6 Å². The van der Waals surface area contributed by atoms with Crippen LogP contribution in [0.1, 0.15) is 38.8 Å². The first-order valence-electron chi connectivity index (χ1n) is 5.16. The summed E-state index contributed by atoms with van der Waals surface area (Å²) in [4.78, 5) is 22.8. The molecule has 0 aliphatic heterocycles. The molecule has 4 nitrogen and oxygen atoms in total. The van der Waals surface area contributed by atoms with Crippen LogP contribution < -0.4 is 11.1 Å². The second-order valence-electron chi connectivity index (χ2n) is 3.62. The molecule has 16 heavy (non-hydrogen) atoms. The fourth-order valence-electron chi connectivity index (χ4n) is 1.77. The minimum Gasteiger partial charge on any atom is -0.366 e. The number of amides is 2. The Morgan fingerprint density at radius 1 is 1.38 bits per heavy atom. The summed E-state index contributed by atoms with van der Waals surface area (Å²) in [6.07, 6.45) is 0.671. The van der Waals surface area contributed by atoms with Gasteiger partial charge in [-0.1, -0.05) is 6.92 Å². The van der Waals surface area contributed by atoms with Crippen LogP contribution in [0.15, 0.2) is 12.1 Å². The largest absolute Gasteiger partial charge is 0.366 e. The molecule has 2 amide bonds. The second-order valence-corrected chi connectivity index (χ2v) is 3.62. The Kier molecular flexibility index (Phi) is 3.66. The highest BCUT2D eigenvalue weighted by molar-refractivity contribution is 5.99. The molecule has 0 heterocycles. The maximum atomic E-state index is 11.5. The van der Waals surface area contributed by atoms with Crippen molar-refractivity contribution in [3.05, 3.63) is 34.4 Å². The summed E-state index contributed by atoms with van der Waals surface area (Å²) in [5.41, 5.74) is 7.94. The molecule has 0 radical (unpaired) electrons. The van der Waals surface area contributed by atoms with Gasteiger partial charge in [-0.3, -0.25) is 9.59 Å². The molecule has 3 N–H and O–H groups in total. The number of benzene rings is 1. The maximum absolute atomic E-state index is 11.5. The highest BCUT2D eigenvalue weighted by atomic mass is 16.2. The molecule has 1 rings (SSSR count). The third-order valence-corrected chi connectivity index (χ3v) is 2.53. The third kappa shape index (κ3) is 2.21. The number of carbonyl (C=O) groups excluding carboxylic acids is 2. The number of nitrogens with one attached hydrogen (secondary N) is 1. The topological polar surface area (TPSA) is 72.2 Å². The van der Waals surface area contributed by atoms with Crippen molar-refractivity contribution in [1.82, 2.24) is 5.32 Å². The van der Waals surface area contributed by atoms with Gasteiger partial charge in [0.1, 0.15) is 0 Å². The lowest BCUT2D eigenvalue weighted by molar-refractivity contribution is 0.0959. The predicted octanol–water partition coefficient (Wildman–Crippen LogP) is 1.02. The number of hydrogen-bond donors (Lipinski definition) is 2. The van der Waals surface area contributed by atoms with E-state index in [1.54, 1.807) is 26.1 Å². The molecule has 4 heteroatoms. The Morgan fingerprint density at radius 3 is 2.44 bits per heavy atom. The van der Waals surface area contributed by atoms with Gasteiger partial charge in [0.25, 0.3) is 5.91 Å². The predicted molar refractivity (Wildman–Crippen MR) is 62.5 cm³/mol. The molecule has 0 aliphatic carbocycles. The SMILES string of the molecule is CCc1cc(C(=O)NC)cc(C)c1C(N)=O. The van der Waals surface area contributed by atoms with Crippen LogP contribution in [-0.2, 0) is 6.42 Å². The van der Waals surface area contributed by atoms with Gasteiger partial charge in [-0.25, -0.2) is 0 Å². The molecule has 86 valence electrons. The molecule has 0 unspecified atom stereocenters. The number of aryl methyl sites for hydroxylation is 2. The lowest BCUT2D eigenvalue weighted by Gasteiger charge is -2.10. The van der Waals surface area contributed by atoms with Gasteiger partial charge >= 0.3 is 0 Å². The summed E-state index contributed by atoms with van der Waals surface area (Å²) in [5.74, 6) is -0.605. The van der Waals surface area contributed by atoms with Gasteiger partial charge < -0.3 is 11.1 Å². The highest BCUT2D eigenvalue weighted by Crippen LogP contribution is 2.17. The average molecular weight is 220 g/mol. The molecule has 0 bridgehead atoms. The maximum Gasteiger partial charge on any atom is 0.251 e. The lowest BCUT2D eigenvalue weighted by Crippen LogP contribution is -2.20. The quantitative estimate of drug-likeness (QED) is 0.798. The van der Waals surface area contributed by atoms with Crippen LogP contribution in [-0.4, -0.2) is 18.9 Å². The molecule has 0 saturated heterocycles. The van der Waals surface area contributed by atoms with Gasteiger partial charge in [0.05, 0.1) is 0 Å². The first-order chi connectivity index (χ1) is 7.51. The monoisotopic (exact) mass is 220 g/mol. The van der Waals surface area contributed by atoms with Crippen LogP contribution in [0.3, 0.4) is 0 Å². The van der Waals surface area contributed by atoms with Crippen LogP contribution in [0.2, 0.25) is 0 Å². The van der Waals surface area contributed by atoms with Gasteiger partial charge in [0.2, 0.25) is 5.91 Å². The van der Waals surface area contributed by atoms with Gasteiger partial charge in [0.15, 0.2) is 0 Å². The summed E-state index contributed by atoms with van der Waals surface area (Å²) >= 11 is 0. The fraction of sp³-hybridized carbons (Fsp3) is 0.333. The minimum atomic E-state index is -0.446. The van der Waals surface area contributed by atoms with Gasteiger partial charge in [-0.15, -0.1) is 0 Å². The molecule has 0 aromatic heterocycles. The molecule has 0 aliphatic rings. The smallest absolute Gasteiger partial charge is 0.251 e. The van der Waals surface area contributed by atoms with Crippen molar-refractivity contribution in [3.8, 4) is 0 Å². The summed E-state index contributed by atoms with van der Waals surface area (Å²) < 4.78 is 0.